The topological polar surface area (TPSA) is 37.4 Å². The van der Waals surface area contributed by atoms with E-state index in [1.807, 2.05) is 12.4 Å². The van der Waals surface area contributed by atoms with Crippen molar-refractivity contribution in [2.24, 2.45) is 5.92 Å². The molecule has 0 bridgehead atoms. The van der Waals surface area contributed by atoms with Crippen LogP contribution in [-0.2, 0) is 0 Å². The number of pyridine rings is 1. The van der Waals surface area contributed by atoms with Gasteiger partial charge in [-0.3, -0.25) is 4.98 Å². The molecule has 20 heavy (non-hydrogen) atoms. The van der Waals surface area contributed by atoms with E-state index in [-0.39, 0.29) is 6.10 Å². The van der Waals surface area contributed by atoms with Gasteiger partial charge in [-0.15, -0.1) is 0 Å². The van der Waals surface area contributed by atoms with Crippen molar-refractivity contribution < 1.29 is 4.74 Å². The molecule has 0 aliphatic carbocycles. The second-order valence-corrected chi connectivity index (χ2v) is 5.78. The van der Waals surface area contributed by atoms with Crippen LogP contribution < -0.4 is 15.0 Å². The SMILES string of the molecule is CCC(Oc1cncc(N2CCCNCC2)c1)C(C)C. The maximum atomic E-state index is 6.08. The van der Waals surface area contributed by atoms with Gasteiger partial charge in [-0.1, -0.05) is 20.8 Å². The van der Waals surface area contributed by atoms with Crippen LogP contribution in [0.15, 0.2) is 18.5 Å². The first-order chi connectivity index (χ1) is 9.70. The molecule has 4 nitrogen and oxygen atoms in total. The molecule has 2 rings (SSSR count). The van der Waals surface area contributed by atoms with Crippen molar-refractivity contribution in [1.29, 1.82) is 0 Å². The highest BCUT2D eigenvalue weighted by Crippen LogP contribution is 2.23. The second-order valence-electron chi connectivity index (χ2n) is 5.78. The minimum absolute atomic E-state index is 0.262. The van der Waals surface area contributed by atoms with Gasteiger partial charge >= 0.3 is 0 Å². The van der Waals surface area contributed by atoms with Crippen LogP contribution in [0.1, 0.15) is 33.6 Å². The Morgan fingerprint density at radius 3 is 2.90 bits per heavy atom. The molecule has 0 spiro atoms. The van der Waals surface area contributed by atoms with E-state index in [1.165, 1.54) is 12.1 Å². The van der Waals surface area contributed by atoms with Gasteiger partial charge in [0.15, 0.2) is 0 Å². The van der Waals surface area contributed by atoms with Crippen LogP contribution in [0.4, 0.5) is 5.69 Å². The second kappa shape index (κ2) is 7.48. The third-order valence-corrected chi connectivity index (χ3v) is 3.84. The first-order valence-corrected chi connectivity index (χ1v) is 7.78. The maximum absolute atomic E-state index is 6.08. The van der Waals surface area contributed by atoms with E-state index in [2.05, 4.69) is 42.0 Å². The molecule has 1 atom stereocenters. The number of rotatable bonds is 5. The zero-order valence-electron chi connectivity index (χ0n) is 12.9. The smallest absolute Gasteiger partial charge is 0.140 e. The maximum Gasteiger partial charge on any atom is 0.140 e. The van der Waals surface area contributed by atoms with Crippen LogP contribution in [0.3, 0.4) is 0 Å². The summed E-state index contributed by atoms with van der Waals surface area (Å²) in [5.41, 5.74) is 1.17. The molecule has 1 aromatic rings. The molecular formula is C16H27N3O. The lowest BCUT2D eigenvalue weighted by Crippen LogP contribution is -2.28. The molecule has 112 valence electrons. The zero-order chi connectivity index (χ0) is 14.4. The Kier molecular flexibility index (Phi) is 5.65. The predicted molar refractivity (Wildman–Crippen MR) is 83.5 cm³/mol. The largest absolute Gasteiger partial charge is 0.488 e. The van der Waals surface area contributed by atoms with Crippen LogP contribution in [-0.4, -0.2) is 37.3 Å². The molecule has 1 N–H and O–H groups in total. The van der Waals surface area contributed by atoms with Crippen LogP contribution in [0.25, 0.3) is 0 Å². The van der Waals surface area contributed by atoms with E-state index in [4.69, 9.17) is 4.74 Å². The molecule has 1 unspecified atom stereocenters. The summed E-state index contributed by atoms with van der Waals surface area (Å²) < 4.78 is 6.08. The lowest BCUT2D eigenvalue weighted by molar-refractivity contribution is 0.147. The van der Waals surface area contributed by atoms with Crippen molar-refractivity contribution in [2.45, 2.75) is 39.7 Å². The molecule has 0 saturated carbocycles. The standard InChI is InChI=1S/C16H27N3O/c1-4-16(13(2)3)20-15-10-14(11-18-12-15)19-8-5-6-17-7-9-19/h10-13,16-17H,4-9H2,1-3H3. The predicted octanol–water partition coefficient (Wildman–Crippen LogP) is 2.69. The van der Waals surface area contributed by atoms with E-state index >= 15 is 0 Å². The van der Waals surface area contributed by atoms with Crippen molar-refractivity contribution in [3.05, 3.63) is 18.5 Å². The molecule has 0 radical (unpaired) electrons. The van der Waals surface area contributed by atoms with Gasteiger partial charge in [-0.05, 0) is 25.3 Å². The van der Waals surface area contributed by atoms with Crippen LogP contribution >= 0.6 is 0 Å². The summed E-state index contributed by atoms with van der Waals surface area (Å²) in [6.45, 7) is 10.8. The van der Waals surface area contributed by atoms with Crippen LogP contribution in [0.2, 0.25) is 0 Å². The van der Waals surface area contributed by atoms with Gasteiger partial charge in [0, 0.05) is 25.7 Å². The number of nitrogens with one attached hydrogen (secondary N) is 1. The quantitative estimate of drug-likeness (QED) is 0.898. The molecule has 0 aromatic carbocycles. The molecule has 1 aliphatic heterocycles. The van der Waals surface area contributed by atoms with Gasteiger partial charge in [-0.25, -0.2) is 0 Å². The minimum atomic E-state index is 0.262. The summed E-state index contributed by atoms with van der Waals surface area (Å²) in [7, 11) is 0. The van der Waals surface area contributed by atoms with E-state index in [9.17, 15) is 0 Å². The summed E-state index contributed by atoms with van der Waals surface area (Å²) in [5.74, 6) is 1.41. The first-order valence-electron chi connectivity index (χ1n) is 7.78. The first kappa shape index (κ1) is 15.1. The van der Waals surface area contributed by atoms with Gasteiger partial charge in [0.05, 0.1) is 18.1 Å². The fraction of sp³-hybridized carbons (Fsp3) is 0.688. The lowest BCUT2D eigenvalue weighted by atomic mass is 10.1. The summed E-state index contributed by atoms with van der Waals surface area (Å²) in [6.07, 6.45) is 6.22. The van der Waals surface area contributed by atoms with Crippen molar-refractivity contribution in [2.75, 3.05) is 31.1 Å². The van der Waals surface area contributed by atoms with Gasteiger partial charge in [-0.2, -0.15) is 0 Å². The Labute approximate surface area is 122 Å². The summed E-state index contributed by atoms with van der Waals surface area (Å²) in [5, 5.41) is 3.42. The number of ether oxygens (including phenoxy) is 1. The molecule has 1 aromatic heterocycles. The van der Waals surface area contributed by atoms with Crippen LogP contribution in [0.5, 0.6) is 5.75 Å². The van der Waals surface area contributed by atoms with Gasteiger partial charge < -0.3 is 15.0 Å². The lowest BCUT2D eigenvalue weighted by Gasteiger charge is -2.24. The molecule has 0 amide bonds. The summed E-state index contributed by atoms with van der Waals surface area (Å²) in [4.78, 5) is 6.74. The van der Waals surface area contributed by atoms with E-state index in [1.54, 1.807) is 0 Å². The minimum Gasteiger partial charge on any atom is -0.488 e. The van der Waals surface area contributed by atoms with E-state index in [0.717, 1.165) is 38.3 Å². The summed E-state index contributed by atoms with van der Waals surface area (Å²) >= 11 is 0. The fourth-order valence-electron chi connectivity index (χ4n) is 2.61. The summed E-state index contributed by atoms with van der Waals surface area (Å²) in [6, 6.07) is 2.13. The molecular weight excluding hydrogens is 250 g/mol. The number of hydrogen-bond donors (Lipinski definition) is 1. The van der Waals surface area contributed by atoms with Crippen LogP contribution in [0, 0.1) is 5.92 Å². The Morgan fingerprint density at radius 2 is 2.15 bits per heavy atom. The Balaban J connectivity index is 2.06. The van der Waals surface area contributed by atoms with Crippen molar-refractivity contribution >= 4 is 5.69 Å². The van der Waals surface area contributed by atoms with Gasteiger partial charge in [0.1, 0.15) is 11.9 Å². The average molecular weight is 277 g/mol. The molecule has 1 fully saturated rings. The highest BCUT2D eigenvalue weighted by molar-refractivity contribution is 5.48. The zero-order valence-corrected chi connectivity index (χ0v) is 12.9. The number of nitrogens with zero attached hydrogens (tertiary/aromatic N) is 2. The molecule has 1 aliphatic rings. The van der Waals surface area contributed by atoms with Gasteiger partial charge in [0.2, 0.25) is 0 Å². The average Bonchev–Trinajstić information content (AvgIpc) is 2.74. The number of aromatic nitrogens is 1. The highest BCUT2D eigenvalue weighted by Gasteiger charge is 2.15. The van der Waals surface area contributed by atoms with Crippen molar-refractivity contribution in [3.8, 4) is 5.75 Å². The normalized spacial score (nSPS) is 17.9. The highest BCUT2D eigenvalue weighted by atomic mass is 16.5. The Hall–Kier alpha value is -1.29. The number of hydrogen-bond acceptors (Lipinski definition) is 4. The van der Waals surface area contributed by atoms with E-state index in [0.29, 0.717) is 5.92 Å². The molecule has 4 heteroatoms. The molecule has 1 saturated heterocycles. The van der Waals surface area contributed by atoms with Crippen molar-refractivity contribution in [3.63, 3.8) is 0 Å². The molecule has 2 heterocycles. The Bertz CT molecular complexity index is 400. The van der Waals surface area contributed by atoms with Crippen molar-refractivity contribution in [1.82, 2.24) is 10.3 Å². The van der Waals surface area contributed by atoms with E-state index < -0.39 is 0 Å². The third kappa shape index (κ3) is 4.10. The Morgan fingerprint density at radius 1 is 1.30 bits per heavy atom. The third-order valence-electron chi connectivity index (χ3n) is 3.84. The van der Waals surface area contributed by atoms with Gasteiger partial charge in [0.25, 0.3) is 0 Å². The monoisotopic (exact) mass is 277 g/mol. The number of anilines is 1. The fourth-order valence-corrected chi connectivity index (χ4v) is 2.61.